The van der Waals surface area contributed by atoms with E-state index in [1.165, 1.54) is 0 Å². The molecule has 0 bridgehead atoms. The van der Waals surface area contributed by atoms with Crippen molar-refractivity contribution in [3.63, 3.8) is 0 Å². The number of rotatable bonds is 8. The zero-order valence-electron chi connectivity index (χ0n) is 14.6. The summed E-state index contributed by atoms with van der Waals surface area (Å²) < 4.78 is 4.78. The van der Waals surface area contributed by atoms with E-state index in [0.29, 0.717) is 12.0 Å². The normalized spacial score (nSPS) is 11.7. The van der Waals surface area contributed by atoms with Crippen molar-refractivity contribution >= 4 is 17.7 Å². The summed E-state index contributed by atoms with van der Waals surface area (Å²) in [6.45, 7) is 1.92. The van der Waals surface area contributed by atoms with Crippen molar-refractivity contribution in [2.75, 3.05) is 6.61 Å². The van der Waals surface area contributed by atoms with Crippen molar-refractivity contribution in [2.45, 2.75) is 19.4 Å². The Morgan fingerprint density at radius 3 is 2.19 bits per heavy atom. The first-order valence-electron chi connectivity index (χ1n) is 8.38. The minimum Gasteiger partial charge on any atom is -0.463 e. The van der Waals surface area contributed by atoms with Crippen LogP contribution in [-0.2, 0) is 20.7 Å². The molecule has 0 saturated heterocycles. The molecular formula is C21H21NO4. The smallest absolute Gasteiger partial charge is 0.330 e. The lowest BCUT2D eigenvalue weighted by Gasteiger charge is -2.16. The number of esters is 1. The molecule has 0 aliphatic rings. The van der Waals surface area contributed by atoms with Gasteiger partial charge in [-0.2, -0.15) is 0 Å². The van der Waals surface area contributed by atoms with Crippen molar-refractivity contribution in [3.8, 4) is 0 Å². The standard InChI is InChI=1S/C21H21NO4/c1-2-26-20(24)14-13-19(23)18(15-16-9-5-3-6-10-16)22-21(25)17-11-7-4-8-12-17/h3-14,18H,2,15H2,1H3,(H,22,25)/t18-/m0/s1. The molecule has 5 nitrogen and oxygen atoms in total. The van der Waals surface area contributed by atoms with Crippen molar-refractivity contribution in [1.29, 1.82) is 0 Å². The van der Waals surface area contributed by atoms with Gasteiger partial charge in [0.1, 0.15) is 0 Å². The van der Waals surface area contributed by atoms with Crippen LogP contribution in [0.3, 0.4) is 0 Å². The van der Waals surface area contributed by atoms with Gasteiger partial charge in [-0.3, -0.25) is 9.59 Å². The summed E-state index contributed by atoms with van der Waals surface area (Å²) in [5.74, 6) is -1.30. The molecular weight excluding hydrogens is 330 g/mol. The molecule has 0 fully saturated rings. The molecule has 1 atom stereocenters. The fourth-order valence-corrected chi connectivity index (χ4v) is 2.36. The average Bonchev–Trinajstić information content (AvgIpc) is 2.67. The third-order valence-corrected chi connectivity index (χ3v) is 3.64. The van der Waals surface area contributed by atoms with E-state index in [4.69, 9.17) is 4.74 Å². The van der Waals surface area contributed by atoms with Gasteiger partial charge < -0.3 is 10.1 Å². The zero-order valence-corrected chi connectivity index (χ0v) is 14.6. The van der Waals surface area contributed by atoms with Crippen LogP contribution in [0.1, 0.15) is 22.8 Å². The molecule has 0 spiro atoms. The van der Waals surface area contributed by atoms with E-state index in [2.05, 4.69) is 5.32 Å². The number of ketones is 1. The summed E-state index contributed by atoms with van der Waals surface area (Å²) in [5.41, 5.74) is 1.37. The molecule has 5 heteroatoms. The topological polar surface area (TPSA) is 72.5 Å². The first kappa shape index (κ1) is 19.1. The van der Waals surface area contributed by atoms with Gasteiger partial charge in [0.15, 0.2) is 5.78 Å². The van der Waals surface area contributed by atoms with Crippen LogP contribution in [-0.4, -0.2) is 30.3 Å². The molecule has 0 aliphatic heterocycles. The molecule has 2 aromatic rings. The highest BCUT2D eigenvalue weighted by atomic mass is 16.5. The lowest BCUT2D eigenvalue weighted by molar-refractivity contribution is -0.137. The van der Waals surface area contributed by atoms with Gasteiger partial charge in [0.05, 0.1) is 12.6 Å². The summed E-state index contributed by atoms with van der Waals surface area (Å²) in [7, 11) is 0. The van der Waals surface area contributed by atoms with E-state index in [1.54, 1.807) is 31.2 Å². The summed E-state index contributed by atoms with van der Waals surface area (Å²) in [4.78, 5) is 36.3. The predicted octanol–water partition coefficient (Wildman–Crippen LogP) is 2.72. The average molecular weight is 351 g/mol. The highest BCUT2D eigenvalue weighted by Crippen LogP contribution is 2.07. The SMILES string of the molecule is CCOC(=O)C=CC(=O)[C@H](Cc1ccccc1)NC(=O)c1ccccc1. The predicted molar refractivity (Wildman–Crippen MR) is 98.6 cm³/mol. The molecule has 0 heterocycles. The molecule has 0 radical (unpaired) electrons. The highest BCUT2D eigenvalue weighted by Gasteiger charge is 2.20. The Morgan fingerprint density at radius 2 is 1.58 bits per heavy atom. The van der Waals surface area contributed by atoms with Gasteiger partial charge in [0.2, 0.25) is 0 Å². The van der Waals surface area contributed by atoms with Gasteiger partial charge in [-0.05, 0) is 30.7 Å². The Hall–Kier alpha value is -3.21. The maximum Gasteiger partial charge on any atom is 0.330 e. The second-order valence-corrected chi connectivity index (χ2v) is 5.57. The quantitative estimate of drug-likeness (QED) is 0.586. The summed E-state index contributed by atoms with van der Waals surface area (Å²) >= 11 is 0. The van der Waals surface area contributed by atoms with Gasteiger partial charge >= 0.3 is 5.97 Å². The minimum absolute atomic E-state index is 0.232. The van der Waals surface area contributed by atoms with Crippen LogP contribution in [0.5, 0.6) is 0 Å². The number of nitrogens with one attached hydrogen (secondary N) is 1. The molecule has 0 saturated carbocycles. The van der Waals surface area contributed by atoms with Gasteiger partial charge in [-0.15, -0.1) is 0 Å². The summed E-state index contributed by atoms with van der Waals surface area (Å²) in [6, 6.07) is 17.3. The van der Waals surface area contributed by atoms with Crippen LogP contribution in [0.15, 0.2) is 72.8 Å². The van der Waals surface area contributed by atoms with Gasteiger partial charge in [0.25, 0.3) is 5.91 Å². The Kier molecular flexibility index (Phi) is 7.31. The molecule has 2 aromatic carbocycles. The number of carbonyl (C=O) groups is 3. The van der Waals surface area contributed by atoms with E-state index < -0.39 is 12.0 Å². The lowest BCUT2D eigenvalue weighted by atomic mass is 10.0. The van der Waals surface area contributed by atoms with E-state index in [-0.39, 0.29) is 18.3 Å². The minimum atomic E-state index is -0.782. The maximum atomic E-state index is 12.5. The maximum absolute atomic E-state index is 12.5. The molecule has 0 unspecified atom stereocenters. The number of carbonyl (C=O) groups excluding carboxylic acids is 3. The van der Waals surface area contributed by atoms with Crippen molar-refractivity contribution < 1.29 is 19.1 Å². The first-order chi connectivity index (χ1) is 12.6. The Bertz CT molecular complexity index is 769. The fourth-order valence-electron chi connectivity index (χ4n) is 2.36. The number of hydrogen-bond acceptors (Lipinski definition) is 4. The van der Waals surface area contributed by atoms with Crippen LogP contribution < -0.4 is 5.32 Å². The van der Waals surface area contributed by atoms with E-state index in [9.17, 15) is 14.4 Å². The fraction of sp³-hybridized carbons (Fsp3) is 0.190. The molecule has 0 aliphatic carbocycles. The van der Waals surface area contributed by atoms with Crippen LogP contribution >= 0.6 is 0 Å². The zero-order chi connectivity index (χ0) is 18.8. The largest absolute Gasteiger partial charge is 0.463 e. The van der Waals surface area contributed by atoms with Gasteiger partial charge in [0, 0.05) is 18.1 Å². The summed E-state index contributed by atoms with van der Waals surface area (Å²) in [5, 5.41) is 2.75. The second kappa shape index (κ2) is 9.93. The van der Waals surface area contributed by atoms with E-state index >= 15 is 0 Å². The van der Waals surface area contributed by atoms with Gasteiger partial charge in [-0.25, -0.2) is 4.79 Å². The summed E-state index contributed by atoms with van der Waals surface area (Å²) in [6.07, 6.45) is 2.56. The second-order valence-electron chi connectivity index (χ2n) is 5.57. The van der Waals surface area contributed by atoms with Crippen LogP contribution in [0.4, 0.5) is 0 Å². The Balaban J connectivity index is 2.14. The monoisotopic (exact) mass is 351 g/mol. The number of benzene rings is 2. The van der Waals surface area contributed by atoms with Crippen LogP contribution in [0.25, 0.3) is 0 Å². The van der Waals surface area contributed by atoms with Crippen molar-refractivity contribution in [3.05, 3.63) is 83.9 Å². The van der Waals surface area contributed by atoms with E-state index in [1.807, 2.05) is 36.4 Å². The lowest BCUT2D eigenvalue weighted by Crippen LogP contribution is -2.41. The van der Waals surface area contributed by atoms with Crippen LogP contribution in [0, 0.1) is 0 Å². The third-order valence-electron chi connectivity index (χ3n) is 3.64. The number of ether oxygens (including phenoxy) is 1. The number of amides is 1. The Morgan fingerprint density at radius 1 is 0.962 bits per heavy atom. The first-order valence-corrected chi connectivity index (χ1v) is 8.38. The molecule has 2 rings (SSSR count). The Labute approximate surface area is 152 Å². The third kappa shape index (κ3) is 6.02. The molecule has 26 heavy (non-hydrogen) atoms. The van der Waals surface area contributed by atoms with Crippen molar-refractivity contribution in [1.82, 2.24) is 5.32 Å². The van der Waals surface area contributed by atoms with Gasteiger partial charge in [-0.1, -0.05) is 48.5 Å². The van der Waals surface area contributed by atoms with Crippen LogP contribution in [0.2, 0.25) is 0 Å². The molecule has 1 N–H and O–H groups in total. The van der Waals surface area contributed by atoms with E-state index in [0.717, 1.165) is 17.7 Å². The number of hydrogen-bond donors (Lipinski definition) is 1. The highest BCUT2D eigenvalue weighted by molar-refractivity contribution is 6.03. The molecule has 134 valence electrons. The molecule has 0 aromatic heterocycles. The van der Waals surface area contributed by atoms with Crippen molar-refractivity contribution in [2.24, 2.45) is 0 Å². The molecule has 1 amide bonds.